The van der Waals surface area contributed by atoms with E-state index in [0.717, 1.165) is 42.9 Å². The number of rotatable bonds is 10. The van der Waals surface area contributed by atoms with Gasteiger partial charge in [-0.25, -0.2) is 0 Å². The van der Waals surface area contributed by atoms with Crippen LogP contribution in [0.4, 0.5) is 0 Å². The maximum Gasteiger partial charge on any atom is 0.187 e. The minimum atomic E-state index is -1.60. The molecule has 4 nitrogen and oxygen atoms in total. The molecular weight excluding hydrogens is 304 g/mol. The van der Waals surface area contributed by atoms with Gasteiger partial charge in [-0.15, -0.1) is 0 Å². The van der Waals surface area contributed by atoms with Gasteiger partial charge in [-0.2, -0.15) is 0 Å². The third kappa shape index (κ3) is 9.43. The van der Waals surface area contributed by atoms with Crippen molar-refractivity contribution in [3.8, 4) is 0 Å². The van der Waals surface area contributed by atoms with Crippen LogP contribution in [0.5, 0.6) is 0 Å². The predicted octanol–water partition coefficient (Wildman–Crippen LogP) is 1.90. The first-order valence-corrected chi connectivity index (χ1v) is 15.4. The number of hydrogen-bond acceptors (Lipinski definition) is 4. The van der Waals surface area contributed by atoms with Gasteiger partial charge in [0.05, 0.1) is 23.5 Å². The maximum absolute atomic E-state index is 6.37. The van der Waals surface area contributed by atoms with Gasteiger partial charge in [0, 0.05) is 6.61 Å². The topological polar surface area (TPSA) is 40.2 Å². The van der Waals surface area contributed by atoms with E-state index in [1.165, 1.54) is 0 Å². The summed E-state index contributed by atoms with van der Waals surface area (Å²) >= 11 is 0. The highest BCUT2D eigenvalue weighted by molar-refractivity contribution is 6.71. The highest BCUT2D eigenvalue weighted by Crippen LogP contribution is 2.26. The van der Waals surface area contributed by atoms with Crippen molar-refractivity contribution in [2.75, 3.05) is 19.8 Å². The molecule has 0 aromatic heterocycles. The Labute approximate surface area is 129 Å². The Bertz CT molecular complexity index is 279. The Balaban J connectivity index is 2.39. The summed E-state index contributed by atoms with van der Waals surface area (Å²) in [7, 11) is -2.29. The Kier molecular flexibility index (Phi) is 6.64. The fourth-order valence-corrected chi connectivity index (χ4v) is 9.28. The van der Waals surface area contributed by atoms with Crippen molar-refractivity contribution >= 4 is 26.9 Å². The number of hydrogen-bond donors (Lipinski definition) is 0. The fraction of sp³-hybridized carbons (Fsp3) is 1.00. The summed E-state index contributed by atoms with van der Waals surface area (Å²) < 4.78 is 23.5. The van der Waals surface area contributed by atoms with E-state index in [2.05, 4.69) is 39.3 Å². The molecule has 1 unspecified atom stereocenters. The molecule has 0 aromatic carbocycles. The van der Waals surface area contributed by atoms with Gasteiger partial charge in [0.15, 0.2) is 16.6 Å². The normalized spacial score (nSPS) is 20.4. The Morgan fingerprint density at radius 1 is 1.10 bits per heavy atom. The van der Waals surface area contributed by atoms with Crippen molar-refractivity contribution in [2.45, 2.75) is 63.6 Å². The van der Waals surface area contributed by atoms with Crippen LogP contribution in [0.3, 0.4) is 0 Å². The molecule has 0 radical (unpaired) electrons. The molecule has 1 heterocycles. The molecule has 7 heteroatoms. The first-order chi connectivity index (χ1) is 8.99. The molecule has 0 saturated carbocycles. The second-order valence-electron chi connectivity index (χ2n) is 7.70. The van der Waals surface area contributed by atoms with Crippen LogP contribution in [0.25, 0.3) is 0 Å². The van der Waals surface area contributed by atoms with Crippen molar-refractivity contribution in [1.82, 2.24) is 0 Å². The van der Waals surface area contributed by atoms with Crippen molar-refractivity contribution < 1.29 is 18.3 Å². The van der Waals surface area contributed by atoms with E-state index in [-0.39, 0.29) is 5.41 Å². The van der Waals surface area contributed by atoms with E-state index in [4.69, 9.17) is 18.3 Å². The van der Waals surface area contributed by atoms with E-state index in [0.29, 0.717) is 6.10 Å². The largest absolute Gasteiger partial charge is 0.395 e. The van der Waals surface area contributed by atoms with Gasteiger partial charge < -0.3 is 18.3 Å². The molecule has 0 aliphatic carbocycles. The highest BCUT2D eigenvalue weighted by atomic mass is 28.4. The van der Waals surface area contributed by atoms with Crippen LogP contribution in [-0.4, -0.2) is 58.2 Å². The molecule has 1 rings (SSSR count). The summed E-state index contributed by atoms with van der Waals surface area (Å²) in [5, 5.41) is 0. The molecule has 120 valence electrons. The van der Waals surface area contributed by atoms with Gasteiger partial charge in [0.2, 0.25) is 0 Å². The summed E-state index contributed by atoms with van der Waals surface area (Å²) in [5.74, 6) is 0. The third-order valence-electron chi connectivity index (χ3n) is 2.67. The average molecular weight is 337 g/mol. The average Bonchev–Trinajstić information content (AvgIpc) is 2.94. The van der Waals surface area contributed by atoms with Crippen molar-refractivity contribution in [2.24, 2.45) is 0 Å². The molecule has 1 atom stereocenters. The van der Waals surface area contributed by atoms with E-state index in [1.807, 2.05) is 0 Å². The summed E-state index contributed by atoms with van der Waals surface area (Å²) in [6.07, 6.45) is 2.29. The lowest BCUT2D eigenvalue weighted by Crippen LogP contribution is -2.50. The maximum atomic E-state index is 6.37. The number of epoxide rings is 1. The lowest BCUT2D eigenvalue weighted by atomic mass is 10.3. The Morgan fingerprint density at radius 3 is 2.00 bits per heavy atom. The summed E-state index contributed by atoms with van der Waals surface area (Å²) in [4.78, 5) is 0. The van der Waals surface area contributed by atoms with Crippen LogP contribution in [0.1, 0.15) is 12.8 Å². The minimum absolute atomic E-state index is 0.325. The van der Waals surface area contributed by atoms with Crippen LogP contribution < -0.4 is 0 Å². The molecule has 20 heavy (non-hydrogen) atoms. The molecule has 1 fully saturated rings. The molecule has 1 saturated heterocycles. The second kappa shape index (κ2) is 7.17. The Morgan fingerprint density at radius 2 is 1.60 bits per heavy atom. The zero-order chi connectivity index (χ0) is 15.4. The van der Waals surface area contributed by atoms with Crippen LogP contribution >= 0.6 is 0 Å². The monoisotopic (exact) mass is 336 g/mol. The molecule has 1 aliphatic rings. The van der Waals surface area contributed by atoms with Gasteiger partial charge >= 0.3 is 0 Å². The molecule has 0 bridgehead atoms. The smallest absolute Gasteiger partial charge is 0.187 e. The van der Waals surface area contributed by atoms with Gasteiger partial charge in [-0.3, -0.25) is 0 Å². The van der Waals surface area contributed by atoms with Gasteiger partial charge in [-0.05, 0) is 52.1 Å². The second-order valence-corrected chi connectivity index (χ2v) is 18.1. The Hall–Kier alpha value is 0.491. The van der Waals surface area contributed by atoms with E-state index >= 15 is 0 Å². The lowest BCUT2D eigenvalue weighted by molar-refractivity contribution is -0.0632. The predicted molar refractivity (Wildman–Crippen MR) is 91.3 cm³/mol. The van der Waals surface area contributed by atoms with Gasteiger partial charge in [0.25, 0.3) is 0 Å². The molecule has 0 spiro atoms. The molecule has 0 N–H and O–H groups in total. The van der Waals surface area contributed by atoms with E-state index < -0.39 is 16.6 Å². The molecule has 0 amide bonds. The number of ether oxygens (including phenoxy) is 2. The standard InChI is InChI=1S/C13H32O4Si3/c1-19(2,3)16-13(18,17-20(4,5)6)8-7-9-14-10-12-11-15-12/h12H,7-11H2,1-6,18H3. The molecule has 1 aliphatic heterocycles. The van der Waals surface area contributed by atoms with Crippen LogP contribution in [0.15, 0.2) is 0 Å². The summed E-state index contributed by atoms with van der Waals surface area (Å²) in [5.41, 5.74) is -0.325. The SMILES string of the molecule is C[Si](C)(C)OC([SiH3])(CCCOCC1CO1)O[Si](C)(C)C. The molecule has 0 aromatic rings. The lowest BCUT2D eigenvalue weighted by Gasteiger charge is -2.41. The van der Waals surface area contributed by atoms with Crippen molar-refractivity contribution in [1.29, 1.82) is 0 Å². The van der Waals surface area contributed by atoms with Gasteiger partial charge in [0.1, 0.15) is 11.5 Å². The van der Waals surface area contributed by atoms with Crippen molar-refractivity contribution in [3.05, 3.63) is 0 Å². The zero-order valence-electron chi connectivity index (χ0n) is 14.2. The summed E-state index contributed by atoms with van der Waals surface area (Å²) in [6, 6.07) is 0. The highest BCUT2D eigenvalue weighted by Gasteiger charge is 2.35. The van der Waals surface area contributed by atoms with Crippen LogP contribution in [0, 0.1) is 0 Å². The van der Waals surface area contributed by atoms with E-state index in [1.54, 1.807) is 0 Å². The minimum Gasteiger partial charge on any atom is -0.395 e. The first-order valence-electron chi connectivity index (χ1n) is 7.59. The zero-order valence-corrected chi connectivity index (χ0v) is 18.2. The van der Waals surface area contributed by atoms with Crippen molar-refractivity contribution in [3.63, 3.8) is 0 Å². The van der Waals surface area contributed by atoms with E-state index in [9.17, 15) is 0 Å². The molecular formula is C13H32O4Si3. The van der Waals surface area contributed by atoms with Gasteiger partial charge in [-0.1, -0.05) is 0 Å². The third-order valence-corrected chi connectivity index (χ3v) is 6.48. The quantitative estimate of drug-likeness (QED) is 0.264. The van der Waals surface area contributed by atoms with Crippen LogP contribution in [-0.2, 0) is 18.3 Å². The first kappa shape index (κ1) is 18.5. The fourth-order valence-electron chi connectivity index (χ4n) is 2.29. The van der Waals surface area contributed by atoms with Crippen LogP contribution in [0.2, 0.25) is 39.3 Å². The summed E-state index contributed by atoms with van der Waals surface area (Å²) in [6.45, 7) is 15.8.